The number of rotatable bonds is 5. The molecule has 7 nitrogen and oxygen atoms in total. The molecule has 0 bridgehead atoms. The van der Waals surface area contributed by atoms with Crippen molar-refractivity contribution in [1.82, 2.24) is 15.1 Å². The number of carbonyl (C=O) groups is 2. The van der Waals surface area contributed by atoms with E-state index in [1.54, 1.807) is 30.0 Å². The molecule has 9 heteroatoms. The summed E-state index contributed by atoms with van der Waals surface area (Å²) in [7, 11) is 0. The third-order valence-corrected chi connectivity index (χ3v) is 5.50. The van der Waals surface area contributed by atoms with Crippen LogP contribution in [0.15, 0.2) is 18.2 Å². The molecular formula is C19H21Cl2N3O4. The van der Waals surface area contributed by atoms with E-state index in [0.717, 1.165) is 5.69 Å². The van der Waals surface area contributed by atoms with Crippen molar-refractivity contribution < 1.29 is 19.4 Å². The maximum Gasteiger partial charge on any atom is 0.359 e. The molecule has 150 valence electrons. The average Bonchev–Trinajstić information content (AvgIpc) is 3.06. The Bertz CT molecular complexity index is 899. The van der Waals surface area contributed by atoms with E-state index < -0.39 is 18.0 Å². The molecule has 0 aliphatic carbocycles. The summed E-state index contributed by atoms with van der Waals surface area (Å²) in [6, 6.07) is 4.83. The molecule has 3 rings (SSSR count). The number of amides is 1. The summed E-state index contributed by atoms with van der Waals surface area (Å²) in [6.07, 6.45) is -0.617. The molecule has 2 aromatic rings. The number of aromatic nitrogens is 2. The molecule has 28 heavy (non-hydrogen) atoms. The van der Waals surface area contributed by atoms with Crippen molar-refractivity contribution in [3.8, 4) is 0 Å². The first-order valence-corrected chi connectivity index (χ1v) is 9.73. The highest BCUT2D eigenvalue weighted by Crippen LogP contribution is 2.27. The second-order valence-corrected chi connectivity index (χ2v) is 7.55. The van der Waals surface area contributed by atoms with Crippen LogP contribution in [-0.2, 0) is 28.9 Å². The van der Waals surface area contributed by atoms with Crippen molar-refractivity contribution >= 4 is 35.1 Å². The lowest BCUT2D eigenvalue weighted by molar-refractivity contribution is -0.143. The summed E-state index contributed by atoms with van der Waals surface area (Å²) in [5.74, 6) is -0.946. The molecular weight excluding hydrogens is 405 g/mol. The first kappa shape index (κ1) is 20.6. The van der Waals surface area contributed by atoms with Crippen molar-refractivity contribution in [2.24, 2.45) is 0 Å². The smallest absolute Gasteiger partial charge is 0.359 e. The number of aromatic amines is 1. The SMILES string of the molecule is CCOC(=O)c1n[nH]c2c1CN(C(=O)C(O)Cc1ccc(Cl)c(Cl)c1)C(C)C2. The number of aliphatic hydroxyl groups excluding tert-OH is 1. The number of H-pyrrole nitrogens is 1. The Morgan fingerprint density at radius 1 is 1.39 bits per heavy atom. The minimum atomic E-state index is -1.24. The van der Waals surface area contributed by atoms with Gasteiger partial charge < -0.3 is 14.7 Å². The molecule has 0 radical (unpaired) electrons. The van der Waals surface area contributed by atoms with E-state index in [-0.39, 0.29) is 31.3 Å². The fraction of sp³-hybridized carbons (Fsp3) is 0.421. The predicted octanol–water partition coefficient (Wildman–Crippen LogP) is 2.77. The van der Waals surface area contributed by atoms with Crippen molar-refractivity contribution in [3.63, 3.8) is 0 Å². The van der Waals surface area contributed by atoms with Crippen LogP contribution in [0.2, 0.25) is 10.0 Å². The number of ether oxygens (including phenoxy) is 1. The van der Waals surface area contributed by atoms with E-state index in [4.69, 9.17) is 27.9 Å². The van der Waals surface area contributed by atoms with Gasteiger partial charge in [0.2, 0.25) is 0 Å². The van der Waals surface area contributed by atoms with E-state index in [9.17, 15) is 14.7 Å². The van der Waals surface area contributed by atoms with Gasteiger partial charge in [0.25, 0.3) is 5.91 Å². The molecule has 1 amide bonds. The van der Waals surface area contributed by atoms with Gasteiger partial charge in [0, 0.05) is 30.1 Å². The molecule has 1 aliphatic heterocycles. The first-order valence-electron chi connectivity index (χ1n) is 8.97. The number of benzene rings is 1. The van der Waals surface area contributed by atoms with Crippen LogP contribution in [0.25, 0.3) is 0 Å². The molecule has 0 saturated carbocycles. The van der Waals surface area contributed by atoms with E-state index in [1.807, 2.05) is 6.92 Å². The number of fused-ring (bicyclic) bond motifs is 1. The Morgan fingerprint density at radius 2 is 2.14 bits per heavy atom. The molecule has 1 aliphatic rings. The van der Waals surface area contributed by atoms with Gasteiger partial charge in [0.05, 0.1) is 23.2 Å². The highest BCUT2D eigenvalue weighted by molar-refractivity contribution is 6.42. The molecule has 2 unspecified atom stereocenters. The molecule has 1 aromatic carbocycles. The lowest BCUT2D eigenvalue weighted by Crippen LogP contribution is -2.47. The summed E-state index contributed by atoms with van der Waals surface area (Å²) in [6.45, 7) is 4.02. The second-order valence-electron chi connectivity index (χ2n) is 6.74. The first-order chi connectivity index (χ1) is 13.3. The number of esters is 1. The second kappa shape index (κ2) is 8.51. The quantitative estimate of drug-likeness (QED) is 0.717. The van der Waals surface area contributed by atoms with Crippen LogP contribution in [0, 0.1) is 0 Å². The third kappa shape index (κ3) is 4.16. The van der Waals surface area contributed by atoms with Crippen LogP contribution in [-0.4, -0.2) is 50.8 Å². The Balaban J connectivity index is 1.76. The van der Waals surface area contributed by atoms with E-state index in [2.05, 4.69) is 10.2 Å². The summed E-state index contributed by atoms with van der Waals surface area (Å²) < 4.78 is 5.02. The van der Waals surface area contributed by atoms with Gasteiger partial charge in [-0.15, -0.1) is 0 Å². The molecule has 2 N–H and O–H groups in total. The summed E-state index contributed by atoms with van der Waals surface area (Å²) in [5.41, 5.74) is 2.32. The summed E-state index contributed by atoms with van der Waals surface area (Å²) >= 11 is 11.9. The summed E-state index contributed by atoms with van der Waals surface area (Å²) in [4.78, 5) is 26.5. The number of nitrogens with zero attached hydrogens (tertiary/aromatic N) is 2. The van der Waals surface area contributed by atoms with E-state index >= 15 is 0 Å². The number of aliphatic hydroxyl groups is 1. The van der Waals surface area contributed by atoms with Gasteiger partial charge in [-0.25, -0.2) is 4.79 Å². The maximum atomic E-state index is 12.9. The monoisotopic (exact) mass is 425 g/mol. The summed E-state index contributed by atoms with van der Waals surface area (Å²) in [5, 5.41) is 18.2. The van der Waals surface area contributed by atoms with Crippen LogP contribution >= 0.6 is 23.2 Å². The lowest BCUT2D eigenvalue weighted by atomic mass is 9.98. The van der Waals surface area contributed by atoms with E-state index in [1.165, 1.54) is 0 Å². The number of hydrogen-bond donors (Lipinski definition) is 2. The Labute approximate surface area is 172 Å². The molecule has 2 heterocycles. The molecule has 0 fully saturated rings. The zero-order chi connectivity index (χ0) is 20.4. The Morgan fingerprint density at radius 3 is 2.82 bits per heavy atom. The van der Waals surface area contributed by atoms with Crippen molar-refractivity contribution in [2.45, 2.75) is 45.4 Å². The maximum absolute atomic E-state index is 12.9. The zero-order valence-electron chi connectivity index (χ0n) is 15.5. The van der Waals surface area contributed by atoms with E-state index in [0.29, 0.717) is 27.6 Å². The predicted molar refractivity (Wildman–Crippen MR) is 104 cm³/mol. The number of nitrogens with one attached hydrogen (secondary N) is 1. The lowest BCUT2D eigenvalue weighted by Gasteiger charge is -2.34. The fourth-order valence-electron chi connectivity index (χ4n) is 3.30. The van der Waals surface area contributed by atoms with Crippen molar-refractivity contribution in [3.05, 3.63) is 50.8 Å². The molecule has 1 aromatic heterocycles. The number of halogens is 2. The minimum Gasteiger partial charge on any atom is -0.461 e. The molecule has 0 spiro atoms. The number of hydrogen-bond acceptors (Lipinski definition) is 5. The van der Waals surface area contributed by atoms with Gasteiger partial charge in [0.15, 0.2) is 5.69 Å². The van der Waals surface area contributed by atoms with Crippen LogP contribution in [0.5, 0.6) is 0 Å². The van der Waals surface area contributed by atoms with Crippen LogP contribution in [0.3, 0.4) is 0 Å². The van der Waals surface area contributed by atoms with Crippen molar-refractivity contribution in [1.29, 1.82) is 0 Å². The zero-order valence-corrected chi connectivity index (χ0v) is 17.0. The number of carbonyl (C=O) groups excluding carboxylic acids is 2. The van der Waals surface area contributed by atoms with Gasteiger partial charge in [-0.05, 0) is 31.5 Å². The third-order valence-electron chi connectivity index (χ3n) is 4.76. The van der Waals surface area contributed by atoms with Gasteiger partial charge >= 0.3 is 5.97 Å². The topological polar surface area (TPSA) is 95.5 Å². The van der Waals surface area contributed by atoms with Gasteiger partial charge in [-0.2, -0.15) is 5.10 Å². The molecule has 0 saturated heterocycles. The van der Waals surface area contributed by atoms with Gasteiger partial charge in [-0.3, -0.25) is 9.89 Å². The highest BCUT2D eigenvalue weighted by Gasteiger charge is 2.34. The van der Waals surface area contributed by atoms with Gasteiger partial charge in [-0.1, -0.05) is 29.3 Å². The fourth-order valence-corrected chi connectivity index (χ4v) is 3.62. The van der Waals surface area contributed by atoms with Crippen molar-refractivity contribution in [2.75, 3.05) is 6.61 Å². The highest BCUT2D eigenvalue weighted by atomic mass is 35.5. The van der Waals surface area contributed by atoms with Crippen LogP contribution in [0.4, 0.5) is 0 Å². The van der Waals surface area contributed by atoms with Crippen LogP contribution in [0.1, 0.15) is 41.2 Å². The van der Waals surface area contributed by atoms with Crippen LogP contribution < -0.4 is 0 Å². The minimum absolute atomic E-state index is 0.113. The van der Waals surface area contributed by atoms with Gasteiger partial charge in [0.1, 0.15) is 6.10 Å². The largest absolute Gasteiger partial charge is 0.461 e. The average molecular weight is 426 g/mol. The Hall–Kier alpha value is -2.09. The Kier molecular flexibility index (Phi) is 6.27. The standard InChI is InChI=1S/C19H21Cl2N3O4/c1-3-28-19(27)17-12-9-24(10(2)6-15(12)22-23-17)18(26)16(25)8-11-4-5-13(20)14(21)7-11/h4-5,7,10,16,25H,3,6,8-9H2,1-2H3,(H,22,23). The molecule has 2 atom stereocenters. The normalized spacial score (nSPS) is 17.2.